The molecule has 0 spiro atoms. The van der Waals surface area contributed by atoms with Crippen LogP contribution in [0.3, 0.4) is 0 Å². The molecule has 1 heterocycles. The summed E-state index contributed by atoms with van der Waals surface area (Å²) in [4.78, 5) is 25.3. The number of aliphatic carboxylic acids is 1. The Kier molecular flexibility index (Phi) is 4.52. The van der Waals surface area contributed by atoms with Crippen LogP contribution in [-0.2, 0) is 9.53 Å². The lowest BCUT2D eigenvalue weighted by Crippen LogP contribution is -2.56. The number of ether oxygens (including phenoxy) is 1. The number of rotatable bonds is 4. The van der Waals surface area contributed by atoms with Crippen LogP contribution >= 0.6 is 0 Å². The number of carboxylic acids is 1. The molecular formula is C14H24N2O4. The molecule has 2 rings (SSSR count). The molecule has 2 amide bonds. The molecule has 6 heteroatoms. The average molecular weight is 284 g/mol. The van der Waals surface area contributed by atoms with E-state index in [1.807, 2.05) is 11.8 Å². The predicted molar refractivity (Wildman–Crippen MR) is 73.5 cm³/mol. The van der Waals surface area contributed by atoms with Crippen molar-refractivity contribution in [3.8, 4) is 0 Å². The van der Waals surface area contributed by atoms with Gasteiger partial charge in [0.2, 0.25) is 0 Å². The predicted octanol–water partition coefficient (Wildman–Crippen LogP) is 1.45. The Balaban J connectivity index is 1.93. The molecule has 20 heavy (non-hydrogen) atoms. The summed E-state index contributed by atoms with van der Waals surface area (Å²) < 4.78 is 5.67. The molecule has 3 unspecified atom stereocenters. The lowest BCUT2D eigenvalue weighted by molar-refractivity contribution is -0.147. The van der Waals surface area contributed by atoms with Gasteiger partial charge in [-0.1, -0.05) is 6.92 Å². The Morgan fingerprint density at radius 1 is 1.45 bits per heavy atom. The van der Waals surface area contributed by atoms with Crippen molar-refractivity contribution in [3.05, 3.63) is 0 Å². The maximum atomic E-state index is 12.3. The molecule has 1 aliphatic carbocycles. The Morgan fingerprint density at radius 2 is 2.20 bits per heavy atom. The van der Waals surface area contributed by atoms with Crippen LogP contribution < -0.4 is 5.32 Å². The van der Waals surface area contributed by atoms with E-state index in [9.17, 15) is 14.7 Å². The first kappa shape index (κ1) is 15.1. The van der Waals surface area contributed by atoms with Crippen LogP contribution in [0, 0.1) is 5.41 Å². The number of hydrogen-bond donors (Lipinski definition) is 2. The first-order valence-electron chi connectivity index (χ1n) is 7.37. The SMILES string of the molecule is CCC(C)(CNC(=O)N1CCOC2CCCC21)C(=O)O. The number of fused-ring (bicyclic) bond motifs is 1. The summed E-state index contributed by atoms with van der Waals surface area (Å²) in [6, 6.07) is -0.00687. The molecule has 3 atom stereocenters. The van der Waals surface area contributed by atoms with Crippen molar-refractivity contribution in [2.45, 2.75) is 51.7 Å². The molecule has 1 saturated carbocycles. The molecule has 2 N–H and O–H groups in total. The zero-order valence-corrected chi connectivity index (χ0v) is 12.2. The van der Waals surface area contributed by atoms with Gasteiger partial charge in [-0.2, -0.15) is 0 Å². The number of nitrogens with zero attached hydrogens (tertiary/aromatic N) is 1. The summed E-state index contributed by atoms with van der Waals surface area (Å²) in [5.74, 6) is -0.874. The van der Waals surface area contributed by atoms with Crippen LogP contribution in [0.15, 0.2) is 0 Å². The van der Waals surface area contributed by atoms with Crippen LogP contribution in [0.5, 0.6) is 0 Å². The molecule has 2 aliphatic rings. The van der Waals surface area contributed by atoms with E-state index in [0.29, 0.717) is 19.6 Å². The highest BCUT2D eigenvalue weighted by Gasteiger charge is 2.39. The molecule has 6 nitrogen and oxygen atoms in total. The topological polar surface area (TPSA) is 78.9 Å². The fourth-order valence-electron chi connectivity index (χ4n) is 2.90. The molecule has 0 aromatic heterocycles. The van der Waals surface area contributed by atoms with E-state index in [0.717, 1.165) is 19.3 Å². The number of hydrogen-bond acceptors (Lipinski definition) is 3. The third kappa shape index (κ3) is 2.90. The van der Waals surface area contributed by atoms with Crippen molar-refractivity contribution in [1.29, 1.82) is 0 Å². The summed E-state index contributed by atoms with van der Waals surface area (Å²) in [6.45, 7) is 4.79. The molecule has 2 fully saturated rings. The van der Waals surface area contributed by atoms with Gasteiger partial charge < -0.3 is 20.1 Å². The van der Waals surface area contributed by atoms with Gasteiger partial charge >= 0.3 is 12.0 Å². The van der Waals surface area contributed by atoms with Crippen molar-refractivity contribution in [3.63, 3.8) is 0 Å². The van der Waals surface area contributed by atoms with Crippen LogP contribution in [-0.4, -0.2) is 53.8 Å². The molecule has 0 radical (unpaired) electrons. The fraction of sp³-hybridized carbons (Fsp3) is 0.857. The maximum absolute atomic E-state index is 12.3. The largest absolute Gasteiger partial charge is 0.481 e. The second-order valence-corrected chi connectivity index (χ2v) is 5.98. The van der Waals surface area contributed by atoms with Crippen molar-refractivity contribution in [1.82, 2.24) is 10.2 Å². The highest BCUT2D eigenvalue weighted by Crippen LogP contribution is 2.29. The zero-order chi connectivity index (χ0) is 14.8. The van der Waals surface area contributed by atoms with Gasteiger partial charge in [-0.05, 0) is 32.6 Å². The van der Waals surface area contributed by atoms with Gasteiger partial charge in [-0.15, -0.1) is 0 Å². The highest BCUT2D eigenvalue weighted by molar-refractivity contribution is 5.78. The molecule has 0 aromatic rings. The number of urea groups is 1. The third-order valence-electron chi connectivity index (χ3n) is 4.67. The van der Waals surface area contributed by atoms with E-state index in [4.69, 9.17) is 4.74 Å². The zero-order valence-electron chi connectivity index (χ0n) is 12.2. The molecule has 1 saturated heterocycles. The Labute approximate surface area is 119 Å². The quantitative estimate of drug-likeness (QED) is 0.819. The van der Waals surface area contributed by atoms with E-state index in [2.05, 4.69) is 5.32 Å². The summed E-state index contributed by atoms with van der Waals surface area (Å²) >= 11 is 0. The van der Waals surface area contributed by atoms with Crippen LogP contribution in [0.4, 0.5) is 4.79 Å². The molecule has 1 aliphatic heterocycles. The molecular weight excluding hydrogens is 260 g/mol. The third-order valence-corrected chi connectivity index (χ3v) is 4.67. The van der Waals surface area contributed by atoms with Gasteiger partial charge in [0.25, 0.3) is 0 Å². The van der Waals surface area contributed by atoms with Crippen molar-refractivity contribution in [2.24, 2.45) is 5.41 Å². The van der Waals surface area contributed by atoms with Gasteiger partial charge in [-0.3, -0.25) is 4.79 Å². The van der Waals surface area contributed by atoms with Crippen LogP contribution in [0.25, 0.3) is 0 Å². The number of carboxylic acid groups (broad SMARTS) is 1. The minimum absolute atomic E-state index is 0.154. The molecule has 114 valence electrons. The standard InChI is InChI=1S/C14H24N2O4/c1-3-14(2,12(17)18)9-15-13(19)16-7-8-20-11-6-4-5-10(11)16/h10-11H,3-9H2,1-2H3,(H,15,19)(H,17,18). The maximum Gasteiger partial charge on any atom is 0.317 e. The Bertz CT molecular complexity index is 387. The van der Waals surface area contributed by atoms with E-state index >= 15 is 0 Å². The van der Waals surface area contributed by atoms with Gasteiger partial charge in [-0.25, -0.2) is 4.79 Å². The van der Waals surface area contributed by atoms with E-state index in [1.54, 1.807) is 6.92 Å². The van der Waals surface area contributed by atoms with Gasteiger partial charge in [0.1, 0.15) is 0 Å². The minimum atomic E-state index is -0.906. The average Bonchev–Trinajstić information content (AvgIpc) is 2.92. The van der Waals surface area contributed by atoms with Gasteiger partial charge in [0, 0.05) is 13.1 Å². The summed E-state index contributed by atoms with van der Waals surface area (Å²) in [5.41, 5.74) is -0.906. The number of amides is 2. The summed E-state index contributed by atoms with van der Waals surface area (Å²) in [7, 11) is 0. The van der Waals surface area contributed by atoms with Crippen molar-refractivity contribution < 1.29 is 19.4 Å². The number of morpholine rings is 1. The Hall–Kier alpha value is -1.30. The highest BCUT2D eigenvalue weighted by atomic mass is 16.5. The smallest absolute Gasteiger partial charge is 0.317 e. The van der Waals surface area contributed by atoms with Crippen molar-refractivity contribution >= 4 is 12.0 Å². The summed E-state index contributed by atoms with van der Waals surface area (Å²) in [5, 5.41) is 12.0. The second-order valence-electron chi connectivity index (χ2n) is 5.98. The number of carbonyl (C=O) groups excluding carboxylic acids is 1. The molecule has 0 bridgehead atoms. The summed E-state index contributed by atoms with van der Waals surface area (Å²) in [6.07, 6.45) is 3.71. The first-order chi connectivity index (χ1) is 9.48. The van der Waals surface area contributed by atoms with Crippen molar-refractivity contribution in [2.75, 3.05) is 19.7 Å². The van der Waals surface area contributed by atoms with Crippen LogP contribution in [0.1, 0.15) is 39.5 Å². The number of carbonyl (C=O) groups is 2. The normalized spacial score (nSPS) is 28.6. The van der Waals surface area contributed by atoms with Crippen LogP contribution in [0.2, 0.25) is 0 Å². The second kappa shape index (κ2) is 5.99. The number of nitrogens with one attached hydrogen (secondary N) is 1. The first-order valence-corrected chi connectivity index (χ1v) is 7.37. The lowest BCUT2D eigenvalue weighted by Gasteiger charge is -2.38. The van der Waals surface area contributed by atoms with E-state index < -0.39 is 11.4 Å². The van der Waals surface area contributed by atoms with Gasteiger partial charge in [0.15, 0.2) is 0 Å². The van der Waals surface area contributed by atoms with Gasteiger partial charge in [0.05, 0.1) is 24.2 Å². The molecule has 0 aromatic carbocycles. The minimum Gasteiger partial charge on any atom is -0.481 e. The Morgan fingerprint density at radius 3 is 2.85 bits per heavy atom. The lowest BCUT2D eigenvalue weighted by atomic mass is 9.88. The monoisotopic (exact) mass is 284 g/mol. The van der Waals surface area contributed by atoms with E-state index in [-0.39, 0.29) is 24.7 Å². The van der Waals surface area contributed by atoms with E-state index in [1.165, 1.54) is 0 Å². The fourth-order valence-corrected chi connectivity index (χ4v) is 2.90.